The van der Waals surface area contributed by atoms with Crippen LogP contribution in [-0.2, 0) is 11.3 Å². The molecular weight excluding hydrogens is 296 g/mol. The molecule has 6 heteroatoms. The Hall–Kier alpha value is -1.89. The van der Waals surface area contributed by atoms with Crippen LogP contribution in [0.4, 0.5) is 0 Å². The summed E-state index contributed by atoms with van der Waals surface area (Å²) in [5, 5.41) is 13.4. The molecule has 2 N–H and O–H groups in total. The number of aliphatic hydroxyl groups excluding tert-OH is 1. The largest absolute Gasteiger partial charge is 0.451 e. The molecule has 0 radical (unpaired) electrons. The maximum atomic E-state index is 12.4. The second kappa shape index (κ2) is 8.10. The minimum Gasteiger partial charge on any atom is -0.451 e. The summed E-state index contributed by atoms with van der Waals surface area (Å²) in [5.41, 5.74) is 1.58. The van der Waals surface area contributed by atoms with Crippen molar-refractivity contribution in [2.24, 2.45) is 0 Å². The van der Waals surface area contributed by atoms with Gasteiger partial charge in [-0.05, 0) is 26.6 Å². The minimum absolute atomic E-state index is 0.256. The van der Waals surface area contributed by atoms with Crippen LogP contribution in [-0.4, -0.2) is 56.4 Å². The molecule has 1 amide bonds. The summed E-state index contributed by atoms with van der Waals surface area (Å²) in [6.07, 6.45) is -0.153. The second-order valence-electron chi connectivity index (χ2n) is 5.80. The Labute approximate surface area is 136 Å². The highest BCUT2D eigenvalue weighted by Crippen LogP contribution is 2.26. The average Bonchev–Trinajstić information content (AvgIpc) is 2.86. The Bertz CT molecular complexity index is 651. The SMILES string of the molecule is COCC(O)CCNC(=O)c1oc2ccccc2c1CN(C)C. The van der Waals surface area contributed by atoms with E-state index in [-0.39, 0.29) is 12.5 Å². The fourth-order valence-corrected chi connectivity index (χ4v) is 2.46. The summed E-state index contributed by atoms with van der Waals surface area (Å²) in [7, 11) is 5.43. The maximum absolute atomic E-state index is 12.4. The standard InChI is InChI=1S/C17H24N2O4/c1-19(2)10-14-13-6-4-5-7-15(13)23-16(14)17(21)18-9-8-12(20)11-22-3/h4-7,12,20H,8-11H2,1-3H3,(H,18,21). The summed E-state index contributed by atoms with van der Waals surface area (Å²) in [4.78, 5) is 14.4. The van der Waals surface area contributed by atoms with Gasteiger partial charge in [-0.1, -0.05) is 18.2 Å². The van der Waals surface area contributed by atoms with E-state index in [0.717, 1.165) is 10.9 Å². The topological polar surface area (TPSA) is 74.9 Å². The van der Waals surface area contributed by atoms with Crippen LogP contribution in [0.25, 0.3) is 11.0 Å². The number of carbonyl (C=O) groups is 1. The Balaban J connectivity index is 2.12. The molecule has 1 aromatic heterocycles. The fourth-order valence-electron chi connectivity index (χ4n) is 2.46. The van der Waals surface area contributed by atoms with E-state index in [0.29, 0.717) is 30.9 Å². The zero-order valence-electron chi connectivity index (χ0n) is 13.8. The molecule has 1 atom stereocenters. The first-order valence-corrected chi connectivity index (χ1v) is 7.63. The average molecular weight is 320 g/mol. The van der Waals surface area contributed by atoms with Crippen molar-refractivity contribution >= 4 is 16.9 Å². The number of nitrogens with zero attached hydrogens (tertiary/aromatic N) is 1. The molecule has 23 heavy (non-hydrogen) atoms. The highest BCUT2D eigenvalue weighted by Gasteiger charge is 2.20. The van der Waals surface area contributed by atoms with Crippen LogP contribution in [0.5, 0.6) is 0 Å². The van der Waals surface area contributed by atoms with Gasteiger partial charge in [0.2, 0.25) is 0 Å². The van der Waals surface area contributed by atoms with Gasteiger partial charge < -0.3 is 24.5 Å². The monoisotopic (exact) mass is 320 g/mol. The zero-order chi connectivity index (χ0) is 16.8. The molecule has 0 saturated heterocycles. The summed E-state index contributed by atoms with van der Waals surface area (Å²) >= 11 is 0. The van der Waals surface area contributed by atoms with Crippen LogP contribution >= 0.6 is 0 Å². The van der Waals surface area contributed by atoms with Crippen molar-refractivity contribution in [1.29, 1.82) is 0 Å². The van der Waals surface area contributed by atoms with Crippen molar-refractivity contribution in [3.63, 3.8) is 0 Å². The second-order valence-corrected chi connectivity index (χ2v) is 5.80. The summed E-state index contributed by atoms with van der Waals surface area (Å²) in [5.74, 6) is 0.0730. The van der Waals surface area contributed by atoms with E-state index in [1.807, 2.05) is 43.3 Å². The van der Waals surface area contributed by atoms with Crippen molar-refractivity contribution in [2.75, 3.05) is 34.4 Å². The number of rotatable bonds is 8. The molecule has 0 aliphatic heterocycles. The predicted octanol–water partition coefficient (Wildman–Crippen LogP) is 1.62. The van der Waals surface area contributed by atoms with Crippen LogP contribution in [0.2, 0.25) is 0 Å². The van der Waals surface area contributed by atoms with Gasteiger partial charge in [0.25, 0.3) is 5.91 Å². The van der Waals surface area contributed by atoms with Gasteiger partial charge in [0, 0.05) is 31.1 Å². The van der Waals surface area contributed by atoms with Gasteiger partial charge in [0.1, 0.15) is 5.58 Å². The van der Waals surface area contributed by atoms with E-state index >= 15 is 0 Å². The van der Waals surface area contributed by atoms with Crippen LogP contribution in [0.3, 0.4) is 0 Å². The molecule has 0 bridgehead atoms. The van der Waals surface area contributed by atoms with Crippen molar-refractivity contribution in [1.82, 2.24) is 10.2 Å². The summed E-state index contributed by atoms with van der Waals surface area (Å²) in [6, 6.07) is 7.62. The van der Waals surface area contributed by atoms with Crippen molar-refractivity contribution in [2.45, 2.75) is 19.1 Å². The number of amides is 1. The number of para-hydroxylation sites is 1. The highest BCUT2D eigenvalue weighted by molar-refractivity contribution is 5.99. The molecular formula is C17H24N2O4. The van der Waals surface area contributed by atoms with E-state index < -0.39 is 6.10 Å². The quantitative estimate of drug-likeness (QED) is 0.773. The van der Waals surface area contributed by atoms with Gasteiger partial charge in [-0.3, -0.25) is 4.79 Å². The Morgan fingerprint density at radius 1 is 1.39 bits per heavy atom. The lowest BCUT2D eigenvalue weighted by atomic mass is 10.1. The first kappa shape index (κ1) is 17.5. The molecule has 1 heterocycles. The van der Waals surface area contributed by atoms with Gasteiger partial charge in [-0.15, -0.1) is 0 Å². The molecule has 1 aromatic carbocycles. The fraction of sp³-hybridized carbons (Fsp3) is 0.471. The number of methoxy groups -OCH3 is 1. The maximum Gasteiger partial charge on any atom is 0.287 e. The van der Waals surface area contributed by atoms with Crippen molar-refractivity contribution in [3.05, 3.63) is 35.6 Å². The lowest BCUT2D eigenvalue weighted by Crippen LogP contribution is -2.29. The lowest BCUT2D eigenvalue weighted by molar-refractivity contribution is 0.0586. The van der Waals surface area contributed by atoms with Gasteiger partial charge >= 0.3 is 0 Å². The van der Waals surface area contributed by atoms with Crippen LogP contribution in [0.15, 0.2) is 28.7 Å². The summed E-state index contributed by atoms with van der Waals surface area (Å²) < 4.78 is 10.6. The number of aliphatic hydroxyl groups is 1. The molecule has 0 spiro atoms. The molecule has 126 valence electrons. The van der Waals surface area contributed by atoms with Crippen LogP contribution in [0, 0.1) is 0 Å². The summed E-state index contributed by atoms with van der Waals surface area (Å²) in [6.45, 7) is 1.24. The third-order valence-electron chi connectivity index (χ3n) is 3.50. The van der Waals surface area contributed by atoms with E-state index in [2.05, 4.69) is 5.32 Å². The molecule has 0 fully saturated rings. The molecule has 6 nitrogen and oxygen atoms in total. The third-order valence-corrected chi connectivity index (χ3v) is 3.50. The van der Waals surface area contributed by atoms with Crippen molar-refractivity contribution < 1.29 is 19.1 Å². The number of ether oxygens (including phenoxy) is 1. The van der Waals surface area contributed by atoms with Gasteiger partial charge in [-0.2, -0.15) is 0 Å². The van der Waals surface area contributed by atoms with Crippen LogP contribution < -0.4 is 5.32 Å². The Morgan fingerprint density at radius 3 is 2.83 bits per heavy atom. The number of benzene rings is 1. The molecule has 2 rings (SSSR count). The molecule has 1 unspecified atom stereocenters. The molecule has 0 aliphatic carbocycles. The molecule has 2 aromatic rings. The Morgan fingerprint density at radius 2 is 2.13 bits per heavy atom. The molecule has 0 saturated carbocycles. The Kier molecular flexibility index (Phi) is 6.15. The predicted molar refractivity (Wildman–Crippen MR) is 88.4 cm³/mol. The number of carbonyl (C=O) groups excluding carboxylic acids is 1. The number of nitrogens with one attached hydrogen (secondary N) is 1. The zero-order valence-corrected chi connectivity index (χ0v) is 13.8. The van der Waals surface area contributed by atoms with Gasteiger partial charge in [0.05, 0.1) is 12.7 Å². The van der Waals surface area contributed by atoms with Gasteiger partial charge in [-0.25, -0.2) is 0 Å². The minimum atomic E-state index is -0.586. The smallest absolute Gasteiger partial charge is 0.287 e. The van der Waals surface area contributed by atoms with E-state index in [9.17, 15) is 9.90 Å². The first-order valence-electron chi connectivity index (χ1n) is 7.63. The number of fused-ring (bicyclic) bond motifs is 1. The lowest BCUT2D eigenvalue weighted by Gasteiger charge is -2.11. The van der Waals surface area contributed by atoms with E-state index in [1.165, 1.54) is 7.11 Å². The van der Waals surface area contributed by atoms with Gasteiger partial charge in [0.15, 0.2) is 5.76 Å². The first-order chi connectivity index (χ1) is 11.0. The van der Waals surface area contributed by atoms with E-state index in [4.69, 9.17) is 9.15 Å². The third kappa shape index (κ3) is 4.54. The van der Waals surface area contributed by atoms with E-state index in [1.54, 1.807) is 0 Å². The van der Waals surface area contributed by atoms with Crippen molar-refractivity contribution in [3.8, 4) is 0 Å². The highest BCUT2D eigenvalue weighted by atomic mass is 16.5. The molecule has 0 aliphatic rings. The number of hydrogen-bond donors (Lipinski definition) is 2. The number of hydrogen-bond acceptors (Lipinski definition) is 5. The number of furan rings is 1. The normalized spacial score (nSPS) is 12.7. The van der Waals surface area contributed by atoms with Crippen LogP contribution in [0.1, 0.15) is 22.5 Å².